The molecule has 3 heterocycles. The van der Waals surface area contributed by atoms with E-state index in [4.69, 9.17) is 14.9 Å². The first-order chi connectivity index (χ1) is 14.3. The van der Waals surface area contributed by atoms with Crippen LogP contribution in [-0.2, 0) is 19.0 Å². The summed E-state index contributed by atoms with van der Waals surface area (Å²) in [5.41, 5.74) is 5.02. The van der Waals surface area contributed by atoms with E-state index in [0.717, 1.165) is 36.1 Å². The van der Waals surface area contributed by atoms with Crippen molar-refractivity contribution in [3.8, 4) is 17.3 Å². The van der Waals surface area contributed by atoms with Gasteiger partial charge < -0.3 is 14.9 Å². The van der Waals surface area contributed by atoms with Gasteiger partial charge in [0.05, 0.1) is 25.2 Å². The fourth-order valence-corrected chi connectivity index (χ4v) is 2.75. The quantitative estimate of drug-likeness (QED) is 0.690. The molecule has 0 radical (unpaired) electrons. The van der Waals surface area contributed by atoms with Gasteiger partial charge in [0, 0.05) is 24.2 Å². The Morgan fingerprint density at radius 1 is 1.20 bits per heavy atom. The lowest BCUT2D eigenvalue weighted by atomic mass is 10.0. The molecule has 30 heavy (non-hydrogen) atoms. The number of amides is 1. The fraction of sp³-hybridized carbons (Fsp3) is 0.316. The highest BCUT2D eigenvalue weighted by atomic mass is 19.4. The van der Waals surface area contributed by atoms with Crippen LogP contribution in [0.15, 0.2) is 35.1 Å². The van der Waals surface area contributed by atoms with Gasteiger partial charge in [-0.15, -0.1) is 0 Å². The predicted molar refractivity (Wildman–Crippen MR) is 98.5 cm³/mol. The number of pyridine rings is 1. The maximum absolute atomic E-state index is 12.0. The molecule has 1 aliphatic carbocycles. The second kappa shape index (κ2) is 8.89. The Bertz CT molecular complexity index is 1010. The Morgan fingerprint density at radius 2 is 1.97 bits per heavy atom. The van der Waals surface area contributed by atoms with E-state index in [1.807, 2.05) is 12.1 Å². The smallest absolute Gasteiger partial charge is 0.434 e. The van der Waals surface area contributed by atoms with Crippen LogP contribution in [0.25, 0.3) is 11.5 Å². The van der Waals surface area contributed by atoms with E-state index < -0.39 is 23.5 Å². The number of hydrogen-bond donors (Lipinski definition) is 1. The molecule has 3 aromatic rings. The summed E-state index contributed by atoms with van der Waals surface area (Å²) in [6.45, 7) is 0. The molecule has 0 aromatic carbocycles. The van der Waals surface area contributed by atoms with E-state index in [-0.39, 0.29) is 0 Å². The Kier molecular flexibility index (Phi) is 6.28. The average molecular weight is 421 g/mol. The van der Waals surface area contributed by atoms with E-state index in [1.54, 1.807) is 13.3 Å². The van der Waals surface area contributed by atoms with Gasteiger partial charge in [0.1, 0.15) is 11.5 Å². The van der Waals surface area contributed by atoms with Crippen molar-refractivity contribution in [1.29, 1.82) is 0 Å². The van der Waals surface area contributed by atoms with Crippen LogP contribution in [0.4, 0.5) is 13.2 Å². The van der Waals surface area contributed by atoms with Crippen LogP contribution in [0.1, 0.15) is 40.5 Å². The van der Waals surface area contributed by atoms with Crippen molar-refractivity contribution >= 4 is 5.91 Å². The van der Waals surface area contributed by atoms with E-state index in [1.165, 1.54) is 12.8 Å². The molecular weight excluding hydrogens is 403 g/mol. The van der Waals surface area contributed by atoms with Crippen LogP contribution in [0.2, 0.25) is 0 Å². The zero-order valence-corrected chi connectivity index (χ0v) is 15.9. The average Bonchev–Trinajstić information content (AvgIpc) is 3.18. The van der Waals surface area contributed by atoms with Crippen molar-refractivity contribution in [3.05, 3.63) is 53.6 Å². The minimum Gasteiger partial charge on any atom is -0.481 e. The summed E-state index contributed by atoms with van der Waals surface area (Å²) in [4.78, 5) is 25.2. The first-order valence-corrected chi connectivity index (χ1v) is 8.96. The number of halogens is 3. The van der Waals surface area contributed by atoms with Crippen molar-refractivity contribution in [2.24, 2.45) is 5.73 Å². The van der Waals surface area contributed by atoms with Gasteiger partial charge in [-0.05, 0) is 25.3 Å². The van der Waals surface area contributed by atoms with Crippen LogP contribution < -0.4 is 10.5 Å². The minimum atomic E-state index is -4.61. The van der Waals surface area contributed by atoms with Crippen LogP contribution in [-0.4, -0.2) is 33.0 Å². The number of hydrogen-bond acceptors (Lipinski definition) is 7. The molecule has 8 nitrogen and oxygen atoms in total. The monoisotopic (exact) mass is 421 g/mol. The summed E-state index contributed by atoms with van der Waals surface area (Å²) in [6, 6.07) is 3.73. The molecule has 0 saturated carbocycles. The number of oxazole rings is 1. The summed E-state index contributed by atoms with van der Waals surface area (Å²) in [5.74, 6) is 1.26. The molecule has 0 fully saturated rings. The van der Waals surface area contributed by atoms with Crippen LogP contribution in [0.3, 0.4) is 0 Å². The van der Waals surface area contributed by atoms with Gasteiger partial charge in [-0.25, -0.2) is 15.0 Å². The molecular formula is C19H18F3N5O3. The summed E-state index contributed by atoms with van der Waals surface area (Å²) >= 11 is 0. The summed E-state index contributed by atoms with van der Waals surface area (Å²) in [6.07, 6.45) is 2.92. The third-order valence-electron chi connectivity index (χ3n) is 4.21. The third-order valence-corrected chi connectivity index (χ3v) is 4.21. The van der Waals surface area contributed by atoms with Crippen molar-refractivity contribution in [3.63, 3.8) is 0 Å². The van der Waals surface area contributed by atoms with Crippen LogP contribution in [0.5, 0.6) is 5.88 Å². The lowest BCUT2D eigenvalue weighted by molar-refractivity contribution is -0.141. The number of aromatic nitrogens is 4. The first-order valence-electron chi connectivity index (χ1n) is 8.96. The van der Waals surface area contributed by atoms with E-state index in [2.05, 4.69) is 19.9 Å². The van der Waals surface area contributed by atoms with Crippen LogP contribution in [0, 0.1) is 0 Å². The van der Waals surface area contributed by atoms with E-state index in [0.29, 0.717) is 18.0 Å². The molecule has 0 unspecified atom stereocenters. The Hall–Kier alpha value is -3.50. The van der Waals surface area contributed by atoms with Gasteiger partial charge in [-0.2, -0.15) is 13.2 Å². The van der Waals surface area contributed by atoms with Gasteiger partial charge >= 0.3 is 6.18 Å². The number of fused-ring (bicyclic) bond motifs is 1. The highest BCUT2D eigenvalue weighted by Gasteiger charge is 2.33. The minimum absolute atomic E-state index is 0.505. The largest absolute Gasteiger partial charge is 0.481 e. The molecule has 4 rings (SSSR count). The van der Waals surface area contributed by atoms with Crippen molar-refractivity contribution < 1.29 is 27.1 Å². The van der Waals surface area contributed by atoms with Crippen LogP contribution >= 0.6 is 0 Å². The molecule has 1 aliphatic rings. The Balaban J connectivity index is 0.000000178. The van der Waals surface area contributed by atoms with Gasteiger partial charge in [0.25, 0.3) is 5.91 Å². The Morgan fingerprint density at radius 3 is 2.63 bits per heavy atom. The summed E-state index contributed by atoms with van der Waals surface area (Å²) in [5, 5.41) is 0. The summed E-state index contributed by atoms with van der Waals surface area (Å²) in [7, 11) is 1.60. The fourth-order valence-electron chi connectivity index (χ4n) is 2.75. The molecule has 1 amide bonds. The normalized spacial score (nSPS) is 13.1. The molecule has 11 heteroatoms. The first kappa shape index (κ1) is 21.2. The standard InChI is InChI=1S/C13H14N2O2.C6H4F3N3O/c1-16-12-8-9(6-7-14-12)13-15-10-4-2-3-5-11(10)17-13;7-6(8,9)4-2-11-1-3(12-4)5(10)13/h6-8H,2-5H2,1H3;1-2H,(H2,10,13). The van der Waals surface area contributed by atoms with Crippen molar-refractivity contribution in [2.75, 3.05) is 7.11 Å². The number of alkyl halides is 3. The number of methoxy groups -OCH3 is 1. The molecule has 158 valence electrons. The highest BCUT2D eigenvalue weighted by Crippen LogP contribution is 2.28. The predicted octanol–water partition coefficient (Wildman–Crippen LogP) is 3.22. The zero-order valence-electron chi connectivity index (χ0n) is 15.9. The molecule has 0 aliphatic heterocycles. The molecule has 0 atom stereocenters. The van der Waals surface area contributed by atoms with Gasteiger partial charge in [-0.3, -0.25) is 9.78 Å². The molecule has 3 aromatic heterocycles. The van der Waals surface area contributed by atoms with E-state index >= 15 is 0 Å². The zero-order chi connectivity index (χ0) is 21.7. The number of primary amides is 1. The second-order valence-corrected chi connectivity index (χ2v) is 6.33. The lowest BCUT2D eigenvalue weighted by Gasteiger charge is -2.05. The molecule has 0 saturated heterocycles. The lowest BCUT2D eigenvalue weighted by Crippen LogP contribution is -2.17. The Labute approximate surface area is 169 Å². The van der Waals surface area contributed by atoms with Gasteiger partial charge in [-0.1, -0.05) is 0 Å². The SMILES string of the molecule is COc1cc(-c2nc3c(o2)CCCC3)ccn1.NC(=O)c1cncc(C(F)(F)F)n1. The highest BCUT2D eigenvalue weighted by molar-refractivity contribution is 5.90. The number of aryl methyl sites for hydroxylation is 2. The second-order valence-electron chi connectivity index (χ2n) is 6.33. The van der Waals surface area contributed by atoms with Gasteiger partial charge in [0.2, 0.25) is 11.8 Å². The third kappa shape index (κ3) is 5.10. The molecule has 2 N–H and O–H groups in total. The summed E-state index contributed by atoms with van der Waals surface area (Å²) < 4.78 is 46.8. The maximum atomic E-state index is 12.0. The number of ether oxygens (including phenoxy) is 1. The van der Waals surface area contributed by atoms with Crippen molar-refractivity contribution in [1.82, 2.24) is 19.9 Å². The topological polar surface area (TPSA) is 117 Å². The number of nitrogens with zero attached hydrogens (tertiary/aromatic N) is 4. The number of rotatable bonds is 3. The number of carbonyl (C=O) groups is 1. The number of carbonyl (C=O) groups excluding carboxylic acids is 1. The number of nitrogens with two attached hydrogens (primary N) is 1. The van der Waals surface area contributed by atoms with Gasteiger partial charge in [0.15, 0.2) is 5.69 Å². The van der Waals surface area contributed by atoms with Crippen molar-refractivity contribution in [2.45, 2.75) is 31.9 Å². The molecule has 0 spiro atoms. The maximum Gasteiger partial charge on any atom is 0.434 e. The molecule has 0 bridgehead atoms. The van der Waals surface area contributed by atoms with E-state index in [9.17, 15) is 18.0 Å².